The first kappa shape index (κ1) is 14.9. The molecule has 1 aromatic carbocycles. The highest BCUT2D eigenvalue weighted by molar-refractivity contribution is 7.12. The highest BCUT2D eigenvalue weighted by Gasteiger charge is 2.14. The minimum absolute atomic E-state index is 0.359. The summed E-state index contributed by atoms with van der Waals surface area (Å²) >= 11 is 1.22. The van der Waals surface area contributed by atoms with Crippen LogP contribution in [0.1, 0.15) is 25.6 Å². The Hall–Kier alpha value is -2.47. The number of thiophene rings is 1. The molecule has 6 heteroatoms. The van der Waals surface area contributed by atoms with Crippen LogP contribution in [0.5, 0.6) is 0 Å². The summed E-state index contributed by atoms with van der Waals surface area (Å²) in [5, 5.41) is 3.89. The van der Waals surface area contributed by atoms with Crippen LogP contribution in [-0.2, 0) is 9.53 Å². The van der Waals surface area contributed by atoms with Gasteiger partial charge >= 0.3 is 5.97 Å². The summed E-state index contributed by atoms with van der Waals surface area (Å²) in [5.41, 5.74) is 1.38. The third-order valence-electron chi connectivity index (χ3n) is 2.62. The molecule has 0 bridgehead atoms. The van der Waals surface area contributed by atoms with E-state index in [1.807, 2.05) is 6.92 Å². The van der Waals surface area contributed by atoms with Crippen LogP contribution >= 0.6 is 11.3 Å². The molecule has 1 heterocycles. The van der Waals surface area contributed by atoms with Crippen molar-refractivity contribution in [3.63, 3.8) is 0 Å². The van der Waals surface area contributed by atoms with Crippen LogP contribution in [0.15, 0.2) is 41.8 Å². The zero-order valence-electron chi connectivity index (χ0n) is 11.3. The summed E-state index contributed by atoms with van der Waals surface area (Å²) in [6, 6.07) is 10.1. The minimum Gasteiger partial charge on any atom is -0.452 e. The van der Waals surface area contributed by atoms with E-state index in [4.69, 9.17) is 4.74 Å². The van der Waals surface area contributed by atoms with Crippen LogP contribution in [0, 0.1) is 6.92 Å². The molecule has 1 aromatic heterocycles. The number of hydrogen-bond donors (Lipinski definition) is 1. The van der Waals surface area contributed by atoms with Crippen molar-refractivity contribution in [1.29, 1.82) is 0 Å². The van der Waals surface area contributed by atoms with E-state index in [2.05, 4.69) is 5.32 Å². The van der Waals surface area contributed by atoms with Crippen LogP contribution in [-0.4, -0.2) is 24.4 Å². The lowest BCUT2D eigenvalue weighted by molar-refractivity contribution is -0.123. The lowest BCUT2D eigenvalue weighted by Crippen LogP contribution is -2.33. The number of hydrogen-bond acceptors (Lipinski definition) is 5. The second-order valence-electron chi connectivity index (χ2n) is 4.30. The van der Waals surface area contributed by atoms with Gasteiger partial charge in [0.05, 0.1) is 10.4 Å². The molecule has 0 aliphatic rings. The van der Waals surface area contributed by atoms with Gasteiger partial charge in [-0.1, -0.05) is 23.8 Å². The topological polar surface area (TPSA) is 72.5 Å². The van der Waals surface area contributed by atoms with Crippen molar-refractivity contribution >= 4 is 29.1 Å². The Bertz CT molecular complexity index is 647. The molecule has 2 rings (SSSR count). The number of esters is 1. The van der Waals surface area contributed by atoms with E-state index in [0.717, 1.165) is 5.56 Å². The highest BCUT2D eigenvalue weighted by atomic mass is 32.1. The molecule has 0 saturated heterocycles. The molecule has 0 atom stereocenters. The molecule has 5 nitrogen and oxygen atoms in total. The summed E-state index contributed by atoms with van der Waals surface area (Å²) in [4.78, 5) is 35.3. The van der Waals surface area contributed by atoms with Gasteiger partial charge in [0, 0.05) is 0 Å². The smallest absolute Gasteiger partial charge is 0.338 e. The van der Waals surface area contributed by atoms with Gasteiger partial charge in [0.25, 0.3) is 11.8 Å². The first-order chi connectivity index (χ1) is 10.1. The summed E-state index contributed by atoms with van der Waals surface area (Å²) in [6.07, 6.45) is 0. The van der Waals surface area contributed by atoms with Gasteiger partial charge in [-0.05, 0) is 30.5 Å². The fourth-order valence-electron chi connectivity index (χ4n) is 1.54. The first-order valence-corrected chi connectivity index (χ1v) is 7.05. The number of imide groups is 1. The number of carbonyl (C=O) groups is 3. The molecule has 1 N–H and O–H groups in total. The molecule has 0 spiro atoms. The number of ether oxygens (including phenoxy) is 1. The van der Waals surface area contributed by atoms with Crippen molar-refractivity contribution in [1.82, 2.24) is 5.32 Å². The van der Waals surface area contributed by atoms with E-state index in [-0.39, 0.29) is 0 Å². The molecule has 0 fully saturated rings. The Morgan fingerprint density at radius 1 is 1.14 bits per heavy atom. The Morgan fingerprint density at radius 3 is 2.48 bits per heavy atom. The summed E-state index contributed by atoms with van der Waals surface area (Å²) in [6.45, 7) is 1.41. The van der Waals surface area contributed by atoms with Crippen molar-refractivity contribution in [3.8, 4) is 0 Å². The van der Waals surface area contributed by atoms with Gasteiger partial charge in [0.15, 0.2) is 6.61 Å². The van der Waals surface area contributed by atoms with Gasteiger partial charge in [-0.15, -0.1) is 11.3 Å². The molecule has 0 aliphatic heterocycles. The molecule has 0 saturated carbocycles. The zero-order valence-corrected chi connectivity index (χ0v) is 12.1. The van der Waals surface area contributed by atoms with Gasteiger partial charge in [-0.25, -0.2) is 4.79 Å². The zero-order chi connectivity index (χ0) is 15.2. The van der Waals surface area contributed by atoms with Crippen LogP contribution in [0.4, 0.5) is 0 Å². The molecule has 21 heavy (non-hydrogen) atoms. The van der Waals surface area contributed by atoms with E-state index in [1.165, 1.54) is 11.3 Å². The number of nitrogens with one attached hydrogen (secondary N) is 1. The Kier molecular flexibility index (Phi) is 4.84. The maximum Gasteiger partial charge on any atom is 0.338 e. The van der Waals surface area contributed by atoms with Crippen LogP contribution < -0.4 is 5.32 Å². The Balaban J connectivity index is 1.82. The van der Waals surface area contributed by atoms with Crippen molar-refractivity contribution in [2.45, 2.75) is 6.92 Å². The number of amides is 2. The number of benzene rings is 1. The van der Waals surface area contributed by atoms with Gasteiger partial charge in [0.1, 0.15) is 0 Å². The van der Waals surface area contributed by atoms with Crippen molar-refractivity contribution in [2.24, 2.45) is 0 Å². The maximum absolute atomic E-state index is 11.7. The van der Waals surface area contributed by atoms with Crippen molar-refractivity contribution in [3.05, 3.63) is 57.8 Å². The molecule has 0 radical (unpaired) electrons. The van der Waals surface area contributed by atoms with E-state index < -0.39 is 24.4 Å². The average molecular weight is 303 g/mol. The summed E-state index contributed by atoms with van der Waals surface area (Å²) in [7, 11) is 0. The molecule has 0 aliphatic carbocycles. The van der Waals surface area contributed by atoms with E-state index >= 15 is 0 Å². The summed E-state index contributed by atoms with van der Waals surface area (Å²) < 4.78 is 4.85. The maximum atomic E-state index is 11.7. The highest BCUT2D eigenvalue weighted by Crippen LogP contribution is 2.08. The molecular weight excluding hydrogens is 290 g/mol. The molecule has 108 valence electrons. The largest absolute Gasteiger partial charge is 0.452 e. The quantitative estimate of drug-likeness (QED) is 0.879. The van der Waals surface area contributed by atoms with Crippen molar-refractivity contribution < 1.29 is 19.1 Å². The predicted octanol–water partition coefficient (Wildman–Crippen LogP) is 2.17. The molecule has 0 unspecified atom stereocenters. The second kappa shape index (κ2) is 6.81. The van der Waals surface area contributed by atoms with Crippen molar-refractivity contribution in [2.75, 3.05) is 6.61 Å². The van der Waals surface area contributed by atoms with Gasteiger partial charge in [0.2, 0.25) is 0 Å². The van der Waals surface area contributed by atoms with E-state index in [0.29, 0.717) is 10.4 Å². The Labute approximate surface area is 125 Å². The van der Waals surface area contributed by atoms with Crippen LogP contribution in [0.2, 0.25) is 0 Å². The number of aryl methyl sites for hydroxylation is 1. The molecule has 2 amide bonds. The third kappa shape index (κ3) is 4.25. The van der Waals surface area contributed by atoms with Gasteiger partial charge in [-0.2, -0.15) is 0 Å². The van der Waals surface area contributed by atoms with E-state index in [9.17, 15) is 14.4 Å². The predicted molar refractivity (Wildman–Crippen MR) is 78.3 cm³/mol. The monoisotopic (exact) mass is 303 g/mol. The van der Waals surface area contributed by atoms with Crippen LogP contribution in [0.25, 0.3) is 0 Å². The van der Waals surface area contributed by atoms with Gasteiger partial charge < -0.3 is 4.74 Å². The summed E-state index contributed by atoms with van der Waals surface area (Å²) in [5.74, 6) is -1.76. The Morgan fingerprint density at radius 2 is 1.86 bits per heavy atom. The first-order valence-electron chi connectivity index (χ1n) is 6.18. The number of carbonyl (C=O) groups excluding carboxylic acids is 3. The van der Waals surface area contributed by atoms with Crippen LogP contribution in [0.3, 0.4) is 0 Å². The SMILES string of the molecule is Cc1ccc(C(=O)OCC(=O)NC(=O)c2cccs2)cc1. The average Bonchev–Trinajstić information content (AvgIpc) is 3.00. The van der Waals surface area contributed by atoms with Gasteiger partial charge in [-0.3, -0.25) is 14.9 Å². The fraction of sp³-hybridized carbons (Fsp3) is 0.133. The number of rotatable bonds is 4. The standard InChI is InChI=1S/C15H13NO4S/c1-10-4-6-11(7-5-10)15(19)20-9-13(17)16-14(18)12-3-2-8-21-12/h2-8H,9H2,1H3,(H,16,17,18). The molecule has 2 aromatic rings. The third-order valence-corrected chi connectivity index (χ3v) is 3.49. The molecular formula is C15H13NO4S. The fourth-order valence-corrected chi connectivity index (χ4v) is 2.16. The lowest BCUT2D eigenvalue weighted by Gasteiger charge is -2.05. The van der Waals surface area contributed by atoms with E-state index in [1.54, 1.807) is 41.8 Å². The minimum atomic E-state index is -0.658. The lowest BCUT2D eigenvalue weighted by atomic mass is 10.1. The normalized spacial score (nSPS) is 9.95. The second-order valence-corrected chi connectivity index (χ2v) is 5.24.